The third kappa shape index (κ3) is 3.26. The fourth-order valence-corrected chi connectivity index (χ4v) is 2.12. The van der Waals surface area contributed by atoms with E-state index in [-0.39, 0.29) is 10.6 Å². The number of pyridine rings is 1. The molecular weight excluding hydrogens is 242 g/mol. The average molecular weight is 259 g/mol. The monoisotopic (exact) mass is 259 g/mol. The fourth-order valence-electron chi connectivity index (χ4n) is 2.12. The van der Waals surface area contributed by atoms with E-state index in [2.05, 4.69) is 24.1 Å². The summed E-state index contributed by atoms with van der Waals surface area (Å²) in [5.74, 6) is 0. The van der Waals surface area contributed by atoms with Crippen LogP contribution in [0, 0.1) is 10.1 Å². The van der Waals surface area contributed by atoms with Crippen LogP contribution in [-0.4, -0.2) is 22.5 Å². The van der Waals surface area contributed by atoms with Gasteiger partial charge in [0, 0.05) is 35.7 Å². The topological polar surface area (TPSA) is 68.1 Å². The van der Waals surface area contributed by atoms with Crippen molar-refractivity contribution in [3.05, 3.63) is 46.1 Å². The van der Waals surface area contributed by atoms with Crippen LogP contribution in [0.5, 0.6) is 0 Å². The van der Waals surface area contributed by atoms with E-state index >= 15 is 0 Å². The quantitative estimate of drug-likeness (QED) is 0.662. The number of benzene rings is 1. The second-order valence-electron chi connectivity index (χ2n) is 4.60. The van der Waals surface area contributed by atoms with Crippen LogP contribution in [0.2, 0.25) is 0 Å². The van der Waals surface area contributed by atoms with Gasteiger partial charge in [0.05, 0.1) is 10.4 Å². The number of hydrogen-bond acceptors (Lipinski definition) is 4. The molecule has 0 bridgehead atoms. The first-order chi connectivity index (χ1) is 9.10. The van der Waals surface area contributed by atoms with E-state index in [0.29, 0.717) is 6.04 Å². The van der Waals surface area contributed by atoms with Crippen molar-refractivity contribution in [1.82, 2.24) is 10.3 Å². The third-order valence-corrected chi connectivity index (χ3v) is 3.01. The summed E-state index contributed by atoms with van der Waals surface area (Å²) in [6.45, 7) is 5.12. The maximum absolute atomic E-state index is 10.7. The van der Waals surface area contributed by atoms with Gasteiger partial charge in [-0.25, -0.2) is 0 Å². The molecule has 0 aliphatic rings. The van der Waals surface area contributed by atoms with E-state index < -0.39 is 0 Å². The van der Waals surface area contributed by atoms with Gasteiger partial charge in [-0.2, -0.15) is 0 Å². The number of hydrogen-bond donors (Lipinski definition) is 1. The summed E-state index contributed by atoms with van der Waals surface area (Å²) in [4.78, 5) is 14.9. The Balaban J connectivity index is 2.26. The molecule has 0 aliphatic heterocycles. The standard InChI is InChI=1S/C14H17N3O2/c1-3-15-10(2)8-12-5-4-11-9-13(17(18)19)6-7-14(11)16-12/h4-7,9-10,15H,3,8H2,1-2H3. The van der Waals surface area contributed by atoms with Crippen LogP contribution in [0.1, 0.15) is 19.5 Å². The Bertz CT molecular complexity index is 598. The van der Waals surface area contributed by atoms with Gasteiger partial charge in [-0.1, -0.05) is 13.0 Å². The zero-order valence-corrected chi connectivity index (χ0v) is 11.1. The van der Waals surface area contributed by atoms with Gasteiger partial charge in [-0.3, -0.25) is 15.1 Å². The van der Waals surface area contributed by atoms with Crippen LogP contribution in [0.25, 0.3) is 10.9 Å². The van der Waals surface area contributed by atoms with Crippen molar-refractivity contribution in [2.75, 3.05) is 6.54 Å². The smallest absolute Gasteiger partial charge is 0.270 e. The highest BCUT2D eigenvalue weighted by molar-refractivity contribution is 5.81. The van der Waals surface area contributed by atoms with E-state index in [1.807, 2.05) is 12.1 Å². The molecule has 0 fully saturated rings. The third-order valence-electron chi connectivity index (χ3n) is 3.01. The summed E-state index contributed by atoms with van der Waals surface area (Å²) >= 11 is 0. The lowest BCUT2D eigenvalue weighted by molar-refractivity contribution is -0.384. The first kappa shape index (κ1) is 13.4. The largest absolute Gasteiger partial charge is 0.314 e. The van der Waals surface area contributed by atoms with Crippen LogP contribution in [-0.2, 0) is 6.42 Å². The highest BCUT2D eigenvalue weighted by atomic mass is 16.6. The second-order valence-corrected chi connectivity index (χ2v) is 4.60. The Hall–Kier alpha value is -2.01. The summed E-state index contributed by atoms with van der Waals surface area (Å²) in [7, 11) is 0. The molecule has 0 saturated carbocycles. The van der Waals surface area contributed by atoms with Crippen molar-refractivity contribution in [2.45, 2.75) is 26.3 Å². The van der Waals surface area contributed by atoms with Crippen molar-refractivity contribution in [1.29, 1.82) is 0 Å². The molecule has 2 aromatic rings. The lowest BCUT2D eigenvalue weighted by atomic mass is 10.1. The molecule has 1 N–H and O–H groups in total. The highest BCUT2D eigenvalue weighted by Gasteiger charge is 2.08. The van der Waals surface area contributed by atoms with Crippen molar-refractivity contribution < 1.29 is 4.92 Å². The van der Waals surface area contributed by atoms with Crippen LogP contribution in [0.4, 0.5) is 5.69 Å². The van der Waals surface area contributed by atoms with Crippen LogP contribution in [0.3, 0.4) is 0 Å². The van der Waals surface area contributed by atoms with Crippen LogP contribution < -0.4 is 5.32 Å². The SMILES string of the molecule is CCNC(C)Cc1ccc2cc([N+](=O)[O-])ccc2n1. The molecule has 1 heterocycles. The van der Waals surface area contributed by atoms with Crippen molar-refractivity contribution in [2.24, 2.45) is 0 Å². The summed E-state index contributed by atoms with van der Waals surface area (Å²) in [5.41, 5.74) is 1.89. The molecular formula is C14H17N3O2. The van der Waals surface area contributed by atoms with E-state index in [1.165, 1.54) is 6.07 Å². The number of fused-ring (bicyclic) bond motifs is 1. The number of nitrogens with zero attached hydrogens (tertiary/aromatic N) is 2. The van der Waals surface area contributed by atoms with E-state index in [4.69, 9.17) is 0 Å². The molecule has 0 aliphatic carbocycles. The summed E-state index contributed by atoms with van der Waals surface area (Å²) < 4.78 is 0. The lowest BCUT2D eigenvalue weighted by Crippen LogP contribution is -2.27. The summed E-state index contributed by atoms with van der Waals surface area (Å²) in [5, 5.41) is 14.8. The van der Waals surface area contributed by atoms with E-state index in [0.717, 1.165) is 29.6 Å². The molecule has 1 aromatic carbocycles. The van der Waals surface area contributed by atoms with Gasteiger partial charge in [0.15, 0.2) is 0 Å². The molecule has 1 unspecified atom stereocenters. The Morgan fingerprint density at radius 2 is 2.16 bits per heavy atom. The Morgan fingerprint density at radius 3 is 2.84 bits per heavy atom. The van der Waals surface area contributed by atoms with Gasteiger partial charge >= 0.3 is 0 Å². The van der Waals surface area contributed by atoms with Crippen molar-refractivity contribution in [3.8, 4) is 0 Å². The molecule has 0 spiro atoms. The van der Waals surface area contributed by atoms with Gasteiger partial charge in [-0.05, 0) is 25.6 Å². The molecule has 0 amide bonds. The molecule has 19 heavy (non-hydrogen) atoms. The zero-order chi connectivity index (χ0) is 13.8. The molecule has 5 nitrogen and oxygen atoms in total. The number of nitro groups is 1. The van der Waals surface area contributed by atoms with Crippen molar-refractivity contribution >= 4 is 16.6 Å². The van der Waals surface area contributed by atoms with Crippen LogP contribution in [0.15, 0.2) is 30.3 Å². The normalized spacial score (nSPS) is 12.5. The van der Waals surface area contributed by atoms with Gasteiger partial charge in [0.25, 0.3) is 5.69 Å². The minimum Gasteiger partial charge on any atom is -0.314 e. The van der Waals surface area contributed by atoms with Crippen LogP contribution >= 0.6 is 0 Å². The second kappa shape index (κ2) is 5.75. The molecule has 0 saturated heterocycles. The maximum Gasteiger partial charge on any atom is 0.270 e. The lowest BCUT2D eigenvalue weighted by Gasteiger charge is -2.11. The number of likely N-dealkylation sites (N-methyl/N-ethyl adjacent to an activating group) is 1. The fraction of sp³-hybridized carbons (Fsp3) is 0.357. The molecule has 2 rings (SSSR count). The number of nitro benzene ring substituents is 1. The predicted octanol–water partition coefficient (Wildman–Crippen LogP) is 2.68. The van der Waals surface area contributed by atoms with E-state index in [1.54, 1.807) is 12.1 Å². The molecule has 1 atom stereocenters. The Labute approximate surface area is 111 Å². The average Bonchev–Trinajstić information content (AvgIpc) is 2.38. The van der Waals surface area contributed by atoms with Crippen molar-refractivity contribution in [3.63, 3.8) is 0 Å². The number of non-ortho nitro benzene ring substituents is 1. The highest BCUT2D eigenvalue weighted by Crippen LogP contribution is 2.20. The number of nitrogens with one attached hydrogen (secondary N) is 1. The van der Waals surface area contributed by atoms with E-state index in [9.17, 15) is 10.1 Å². The molecule has 100 valence electrons. The Kier molecular flexibility index (Phi) is 4.06. The zero-order valence-electron chi connectivity index (χ0n) is 11.1. The van der Waals surface area contributed by atoms with Gasteiger partial charge in [-0.15, -0.1) is 0 Å². The summed E-state index contributed by atoms with van der Waals surface area (Å²) in [6.07, 6.45) is 0.848. The van der Waals surface area contributed by atoms with Gasteiger partial charge < -0.3 is 5.32 Å². The minimum atomic E-state index is -0.388. The summed E-state index contributed by atoms with van der Waals surface area (Å²) in [6, 6.07) is 8.94. The first-order valence-corrected chi connectivity index (χ1v) is 6.37. The molecule has 1 aromatic heterocycles. The molecule has 0 radical (unpaired) electrons. The number of aromatic nitrogens is 1. The number of rotatable bonds is 5. The van der Waals surface area contributed by atoms with Gasteiger partial charge in [0.2, 0.25) is 0 Å². The Morgan fingerprint density at radius 1 is 1.37 bits per heavy atom. The van der Waals surface area contributed by atoms with Gasteiger partial charge in [0.1, 0.15) is 0 Å². The predicted molar refractivity (Wildman–Crippen MR) is 75.2 cm³/mol. The minimum absolute atomic E-state index is 0.100. The first-order valence-electron chi connectivity index (χ1n) is 6.37. The maximum atomic E-state index is 10.7. The molecule has 5 heteroatoms.